The molecule has 208 valence electrons. The van der Waals surface area contributed by atoms with Crippen LogP contribution in [0, 0.1) is 17.5 Å². The number of nitrogens with zero attached hydrogens (tertiary/aromatic N) is 2. The summed E-state index contributed by atoms with van der Waals surface area (Å²) < 4.78 is 49.7. The van der Waals surface area contributed by atoms with Crippen LogP contribution in [0.5, 0.6) is 5.75 Å². The Bertz CT molecular complexity index is 1570. The van der Waals surface area contributed by atoms with Gasteiger partial charge in [0.2, 0.25) is 5.43 Å². The first-order valence-corrected chi connectivity index (χ1v) is 13.4. The molecule has 0 radical (unpaired) electrons. The molecular weight excluding hydrogens is 523 g/mol. The van der Waals surface area contributed by atoms with E-state index in [-0.39, 0.29) is 35.6 Å². The molecule has 0 aliphatic carbocycles. The molecule has 3 aliphatic heterocycles. The monoisotopic (exact) mass is 551 g/mol. The molecular formula is C30H28F3N3O4. The quantitative estimate of drug-likeness (QED) is 0.491. The molecule has 4 heterocycles. The third kappa shape index (κ3) is 4.17. The number of pyridine rings is 1. The predicted molar refractivity (Wildman–Crippen MR) is 140 cm³/mol. The Morgan fingerprint density at radius 1 is 1.10 bits per heavy atom. The van der Waals surface area contributed by atoms with Crippen LogP contribution in [0.15, 0.2) is 47.3 Å². The molecule has 1 spiro atoms. The molecule has 3 aromatic rings. The summed E-state index contributed by atoms with van der Waals surface area (Å²) >= 11 is 0. The number of ether oxygens (including phenoxy) is 1. The van der Waals surface area contributed by atoms with E-state index in [2.05, 4.69) is 5.32 Å². The molecule has 2 amide bonds. The first-order chi connectivity index (χ1) is 19.2. The molecule has 2 aromatic carbocycles. The van der Waals surface area contributed by atoms with Crippen molar-refractivity contribution in [2.45, 2.75) is 63.8 Å². The maximum absolute atomic E-state index is 14.2. The summed E-state index contributed by atoms with van der Waals surface area (Å²) in [6.45, 7) is 1.89. The zero-order valence-electron chi connectivity index (χ0n) is 21.9. The molecule has 10 heteroatoms. The van der Waals surface area contributed by atoms with Crippen molar-refractivity contribution >= 4 is 11.8 Å². The van der Waals surface area contributed by atoms with Crippen LogP contribution in [0.25, 0.3) is 0 Å². The Hall–Kier alpha value is -4.08. The highest BCUT2D eigenvalue weighted by Crippen LogP contribution is 2.46. The molecule has 2 bridgehead atoms. The van der Waals surface area contributed by atoms with Crippen LogP contribution >= 0.6 is 0 Å². The van der Waals surface area contributed by atoms with Gasteiger partial charge in [0, 0.05) is 42.5 Å². The second-order valence-electron chi connectivity index (χ2n) is 10.9. The van der Waals surface area contributed by atoms with E-state index >= 15 is 0 Å². The van der Waals surface area contributed by atoms with E-state index < -0.39 is 46.4 Å². The van der Waals surface area contributed by atoms with Crippen molar-refractivity contribution in [2.75, 3.05) is 6.54 Å². The van der Waals surface area contributed by atoms with Gasteiger partial charge in [0.05, 0.1) is 5.54 Å². The Morgan fingerprint density at radius 3 is 2.55 bits per heavy atom. The van der Waals surface area contributed by atoms with E-state index in [1.54, 1.807) is 0 Å². The zero-order chi connectivity index (χ0) is 28.2. The van der Waals surface area contributed by atoms with Gasteiger partial charge < -0.3 is 19.5 Å². The lowest BCUT2D eigenvalue weighted by atomic mass is 9.89. The number of fused-ring (bicyclic) bond motifs is 1. The molecule has 1 fully saturated rings. The Kier molecular flexibility index (Phi) is 6.43. The van der Waals surface area contributed by atoms with Crippen LogP contribution < -0.4 is 15.5 Å². The molecule has 0 saturated carbocycles. The predicted octanol–water partition coefficient (Wildman–Crippen LogP) is 4.44. The minimum absolute atomic E-state index is 0.00528. The minimum atomic E-state index is -1.14. The molecule has 1 N–H and O–H groups in total. The van der Waals surface area contributed by atoms with Crippen LogP contribution in [-0.4, -0.2) is 33.9 Å². The maximum atomic E-state index is 14.2. The van der Waals surface area contributed by atoms with E-state index in [0.29, 0.717) is 37.2 Å². The lowest BCUT2D eigenvalue weighted by molar-refractivity contribution is 0.0498. The molecule has 2 atom stereocenters. The largest absolute Gasteiger partial charge is 0.483 e. The molecule has 1 saturated heterocycles. The number of amides is 2. The van der Waals surface area contributed by atoms with Crippen molar-refractivity contribution in [2.24, 2.45) is 0 Å². The molecule has 40 heavy (non-hydrogen) atoms. The summed E-state index contributed by atoms with van der Waals surface area (Å²) in [5, 5.41) is 2.44. The van der Waals surface area contributed by atoms with Gasteiger partial charge in [0.1, 0.15) is 29.6 Å². The van der Waals surface area contributed by atoms with Crippen LogP contribution in [0.3, 0.4) is 0 Å². The molecule has 0 unspecified atom stereocenters. The number of halogens is 3. The van der Waals surface area contributed by atoms with E-state index in [4.69, 9.17) is 4.74 Å². The number of hydrogen-bond acceptors (Lipinski definition) is 4. The average Bonchev–Trinajstić information content (AvgIpc) is 3.20. The minimum Gasteiger partial charge on any atom is -0.483 e. The van der Waals surface area contributed by atoms with Crippen LogP contribution in [0.4, 0.5) is 13.2 Å². The van der Waals surface area contributed by atoms with Gasteiger partial charge in [-0.3, -0.25) is 14.4 Å². The molecule has 1 aromatic heterocycles. The summed E-state index contributed by atoms with van der Waals surface area (Å²) in [5.74, 6) is -4.71. The van der Waals surface area contributed by atoms with Crippen LogP contribution in [0.2, 0.25) is 0 Å². The zero-order valence-corrected chi connectivity index (χ0v) is 21.9. The number of rotatable bonds is 6. The third-order valence-corrected chi connectivity index (χ3v) is 8.44. The van der Waals surface area contributed by atoms with Gasteiger partial charge in [-0.1, -0.05) is 30.3 Å². The lowest BCUT2D eigenvalue weighted by Crippen LogP contribution is -2.54. The molecule has 3 aliphatic rings. The summed E-state index contributed by atoms with van der Waals surface area (Å²) in [5.41, 5.74) is -0.598. The second-order valence-corrected chi connectivity index (χ2v) is 10.9. The average molecular weight is 552 g/mol. The van der Waals surface area contributed by atoms with Crippen molar-refractivity contribution in [3.05, 3.63) is 98.2 Å². The summed E-state index contributed by atoms with van der Waals surface area (Å²) in [6.07, 6.45) is 3.50. The summed E-state index contributed by atoms with van der Waals surface area (Å²) in [4.78, 5) is 43.1. The van der Waals surface area contributed by atoms with Crippen LogP contribution in [-0.2, 0) is 25.1 Å². The number of carbonyl (C=O) groups excluding carboxylic acids is 2. The van der Waals surface area contributed by atoms with E-state index in [0.717, 1.165) is 24.8 Å². The lowest BCUT2D eigenvalue weighted by Gasteiger charge is -2.43. The standard InChI is InChI=1S/C30H28F3N3O4/c1-17-6-5-10-30-11-9-23-24(28(38)34-14-20-21(32)12-19(31)13-22(20)33)26(37)27(40-15-18-7-3-2-4-8-18)25(36(23)30)29(39)35(17)16-30/h2-4,7-8,12-13,17H,5-6,9-11,14-16H2,1H3,(H,34,38)/t17-,30+/m0/s1. The highest BCUT2D eigenvalue weighted by Gasteiger charge is 2.52. The van der Waals surface area contributed by atoms with Crippen molar-refractivity contribution in [3.8, 4) is 5.75 Å². The number of carbonyl (C=O) groups is 2. The van der Waals surface area contributed by atoms with Gasteiger partial charge >= 0.3 is 0 Å². The third-order valence-electron chi connectivity index (χ3n) is 8.44. The highest BCUT2D eigenvalue weighted by molar-refractivity contribution is 6.01. The van der Waals surface area contributed by atoms with Gasteiger partial charge in [0.25, 0.3) is 11.8 Å². The highest BCUT2D eigenvalue weighted by atomic mass is 19.1. The number of hydrogen-bond donors (Lipinski definition) is 1. The van der Waals surface area contributed by atoms with E-state index in [1.807, 2.05) is 46.7 Å². The fourth-order valence-electron chi connectivity index (χ4n) is 6.44. The first kappa shape index (κ1) is 26.2. The summed E-state index contributed by atoms with van der Waals surface area (Å²) in [6, 6.07) is 10.2. The van der Waals surface area contributed by atoms with Gasteiger partial charge in [-0.15, -0.1) is 0 Å². The number of nitrogens with one attached hydrogen (secondary N) is 1. The van der Waals surface area contributed by atoms with Gasteiger partial charge in [0.15, 0.2) is 11.4 Å². The van der Waals surface area contributed by atoms with Crippen LogP contribution in [0.1, 0.15) is 70.3 Å². The fraction of sp³-hybridized carbons (Fsp3) is 0.367. The SMILES string of the molecule is C[C@H]1CCC[C@]23CCc4c(C(=O)NCc5c(F)cc(F)cc5F)c(=O)c(OCc5ccccc5)c(n42)C(=O)N1C3. The topological polar surface area (TPSA) is 80.6 Å². The summed E-state index contributed by atoms with van der Waals surface area (Å²) in [7, 11) is 0. The molecule has 6 rings (SSSR count). The Labute approximate surface area is 228 Å². The maximum Gasteiger partial charge on any atom is 0.274 e. The first-order valence-electron chi connectivity index (χ1n) is 13.4. The van der Waals surface area contributed by atoms with E-state index in [9.17, 15) is 27.6 Å². The van der Waals surface area contributed by atoms with Crippen molar-refractivity contribution < 1.29 is 27.5 Å². The number of benzene rings is 2. The fourth-order valence-corrected chi connectivity index (χ4v) is 6.44. The number of aromatic nitrogens is 1. The Balaban J connectivity index is 1.46. The van der Waals surface area contributed by atoms with Crippen molar-refractivity contribution in [1.82, 2.24) is 14.8 Å². The Morgan fingerprint density at radius 2 is 1.82 bits per heavy atom. The van der Waals surface area contributed by atoms with Crippen molar-refractivity contribution in [1.29, 1.82) is 0 Å². The van der Waals surface area contributed by atoms with Gasteiger partial charge in [-0.25, -0.2) is 13.2 Å². The molecule has 7 nitrogen and oxygen atoms in total. The van der Waals surface area contributed by atoms with Gasteiger partial charge in [-0.05, 0) is 44.6 Å². The van der Waals surface area contributed by atoms with Crippen molar-refractivity contribution in [3.63, 3.8) is 0 Å². The van der Waals surface area contributed by atoms with E-state index in [1.165, 1.54) is 0 Å². The smallest absolute Gasteiger partial charge is 0.274 e. The second kappa shape index (κ2) is 9.83. The van der Waals surface area contributed by atoms with Gasteiger partial charge in [-0.2, -0.15) is 0 Å². The normalized spacial score (nSPS) is 21.1.